The number of halogens is 1. The third kappa shape index (κ3) is 2.75. The van der Waals surface area contributed by atoms with Gasteiger partial charge in [0.1, 0.15) is 11.6 Å². The highest BCUT2D eigenvalue weighted by Crippen LogP contribution is 2.38. The van der Waals surface area contributed by atoms with Gasteiger partial charge in [0.15, 0.2) is 17.1 Å². The van der Waals surface area contributed by atoms with Gasteiger partial charge >= 0.3 is 0 Å². The third-order valence-electron chi connectivity index (χ3n) is 4.16. The zero-order valence-electron chi connectivity index (χ0n) is 14.3. The highest BCUT2D eigenvalue weighted by atomic mass is 19.1. The molecule has 0 saturated carbocycles. The summed E-state index contributed by atoms with van der Waals surface area (Å²) in [5.41, 5.74) is 1.19. The van der Waals surface area contributed by atoms with Gasteiger partial charge in [-0.05, 0) is 42.5 Å². The minimum atomic E-state index is -0.322. The van der Waals surface area contributed by atoms with E-state index >= 15 is 0 Å². The fourth-order valence-electron chi connectivity index (χ4n) is 2.96. The summed E-state index contributed by atoms with van der Waals surface area (Å²) < 4.78 is 24.4. The van der Waals surface area contributed by atoms with E-state index in [1.54, 1.807) is 32.5 Å². The van der Waals surface area contributed by atoms with Gasteiger partial charge in [-0.15, -0.1) is 0 Å². The van der Waals surface area contributed by atoms with Gasteiger partial charge in [0, 0.05) is 28.0 Å². The van der Waals surface area contributed by atoms with E-state index in [-0.39, 0.29) is 5.82 Å². The summed E-state index contributed by atoms with van der Waals surface area (Å²) in [6.07, 6.45) is 1.69. The fraction of sp³-hybridized carbons (Fsp3) is 0.100. The Labute approximate surface area is 149 Å². The topological polar surface area (TPSA) is 56.3 Å². The maximum Gasteiger partial charge on any atom is 0.162 e. The number of nitrogens with one attached hydrogen (secondary N) is 1. The number of pyridine rings is 2. The molecule has 0 fully saturated rings. The highest BCUT2D eigenvalue weighted by molar-refractivity contribution is 6.10. The van der Waals surface area contributed by atoms with E-state index in [4.69, 9.17) is 9.47 Å². The van der Waals surface area contributed by atoms with Crippen molar-refractivity contribution in [3.8, 4) is 11.5 Å². The van der Waals surface area contributed by atoms with Crippen molar-refractivity contribution in [2.24, 2.45) is 0 Å². The first-order chi connectivity index (χ1) is 12.7. The molecule has 6 heteroatoms. The van der Waals surface area contributed by atoms with E-state index < -0.39 is 0 Å². The molecule has 0 bridgehead atoms. The maximum atomic E-state index is 13.5. The molecular formula is C20H16FN3O2. The molecule has 0 aliphatic carbocycles. The number of methoxy groups -OCH3 is 2. The lowest BCUT2D eigenvalue weighted by Gasteiger charge is -2.14. The van der Waals surface area contributed by atoms with Crippen LogP contribution in [0.1, 0.15) is 0 Å². The van der Waals surface area contributed by atoms with E-state index in [9.17, 15) is 4.39 Å². The SMILES string of the molecule is COc1cc2c(Nc3cccc(F)c3)nc3ncccc3c2cc1OC. The Kier molecular flexibility index (Phi) is 4.01. The van der Waals surface area contributed by atoms with Gasteiger partial charge in [0.05, 0.1) is 14.2 Å². The molecular weight excluding hydrogens is 333 g/mol. The number of hydrogen-bond acceptors (Lipinski definition) is 5. The molecule has 0 unspecified atom stereocenters. The number of ether oxygens (including phenoxy) is 2. The maximum absolute atomic E-state index is 13.5. The quantitative estimate of drug-likeness (QED) is 0.542. The van der Waals surface area contributed by atoms with Gasteiger partial charge in [0.2, 0.25) is 0 Å². The first-order valence-electron chi connectivity index (χ1n) is 8.02. The summed E-state index contributed by atoms with van der Waals surface area (Å²) in [6.45, 7) is 0. The number of fused-ring (bicyclic) bond motifs is 3. The molecule has 4 aromatic rings. The molecule has 2 heterocycles. The lowest BCUT2D eigenvalue weighted by Crippen LogP contribution is -1.99. The van der Waals surface area contributed by atoms with E-state index in [2.05, 4.69) is 15.3 Å². The second-order valence-corrected chi connectivity index (χ2v) is 5.72. The van der Waals surface area contributed by atoms with Crippen LogP contribution in [-0.2, 0) is 0 Å². The number of rotatable bonds is 4. The Bertz CT molecular complexity index is 1110. The van der Waals surface area contributed by atoms with Crippen molar-refractivity contribution in [2.75, 3.05) is 19.5 Å². The van der Waals surface area contributed by atoms with Crippen molar-refractivity contribution in [2.45, 2.75) is 0 Å². The molecule has 0 aliphatic rings. The molecule has 130 valence electrons. The summed E-state index contributed by atoms with van der Waals surface area (Å²) in [6, 6.07) is 13.8. The predicted octanol–water partition coefficient (Wildman–Crippen LogP) is 4.68. The van der Waals surface area contributed by atoms with E-state index in [0.717, 1.165) is 16.2 Å². The van der Waals surface area contributed by atoms with Crippen LogP contribution in [0.3, 0.4) is 0 Å². The molecule has 4 rings (SSSR count). The molecule has 2 aromatic heterocycles. The molecule has 5 nitrogen and oxygen atoms in total. The zero-order valence-corrected chi connectivity index (χ0v) is 14.3. The standard InChI is InChI=1S/C20H16FN3O2/c1-25-17-10-15-14-7-4-8-22-19(14)24-20(16(15)11-18(17)26-2)23-13-6-3-5-12(21)9-13/h3-11H,1-2H3,(H,22,23,24). The molecule has 2 aromatic carbocycles. The van der Waals surface area contributed by atoms with Crippen molar-refractivity contribution in [1.29, 1.82) is 0 Å². The number of hydrogen-bond donors (Lipinski definition) is 1. The molecule has 0 spiro atoms. The second kappa shape index (κ2) is 6.48. The smallest absolute Gasteiger partial charge is 0.162 e. The van der Waals surface area contributed by atoms with E-state index in [1.165, 1.54) is 12.1 Å². The molecule has 0 radical (unpaired) electrons. The predicted molar refractivity (Wildman–Crippen MR) is 99.8 cm³/mol. The molecule has 0 aliphatic heterocycles. The van der Waals surface area contributed by atoms with Crippen molar-refractivity contribution < 1.29 is 13.9 Å². The van der Waals surface area contributed by atoms with Gasteiger partial charge < -0.3 is 14.8 Å². The van der Waals surface area contributed by atoms with Crippen LogP contribution < -0.4 is 14.8 Å². The molecule has 26 heavy (non-hydrogen) atoms. The fourth-order valence-corrected chi connectivity index (χ4v) is 2.96. The Morgan fingerprint density at radius 1 is 0.885 bits per heavy atom. The summed E-state index contributed by atoms with van der Waals surface area (Å²) in [4.78, 5) is 8.97. The molecule has 0 atom stereocenters. The lowest BCUT2D eigenvalue weighted by molar-refractivity contribution is 0.356. The van der Waals surface area contributed by atoms with Crippen molar-refractivity contribution >= 4 is 33.3 Å². The Hall–Kier alpha value is -3.41. The van der Waals surface area contributed by atoms with Crippen LogP contribution in [0.4, 0.5) is 15.9 Å². The van der Waals surface area contributed by atoms with Crippen molar-refractivity contribution in [3.63, 3.8) is 0 Å². The van der Waals surface area contributed by atoms with Crippen LogP contribution >= 0.6 is 0 Å². The monoisotopic (exact) mass is 349 g/mol. The van der Waals surface area contributed by atoms with E-state index in [0.29, 0.717) is 28.7 Å². The lowest BCUT2D eigenvalue weighted by atomic mass is 10.1. The van der Waals surface area contributed by atoms with Crippen LogP contribution in [0, 0.1) is 5.82 Å². The van der Waals surface area contributed by atoms with Crippen LogP contribution in [0.5, 0.6) is 11.5 Å². The number of benzene rings is 2. The zero-order chi connectivity index (χ0) is 18.1. The first kappa shape index (κ1) is 16.1. The van der Waals surface area contributed by atoms with Gasteiger partial charge in [-0.25, -0.2) is 14.4 Å². The van der Waals surface area contributed by atoms with Gasteiger partial charge in [-0.3, -0.25) is 0 Å². The minimum absolute atomic E-state index is 0.322. The average molecular weight is 349 g/mol. The summed E-state index contributed by atoms with van der Waals surface area (Å²) >= 11 is 0. The number of nitrogens with zero attached hydrogens (tertiary/aromatic N) is 2. The van der Waals surface area contributed by atoms with Gasteiger partial charge in [-0.2, -0.15) is 0 Å². The van der Waals surface area contributed by atoms with Crippen LogP contribution in [0.15, 0.2) is 54.7 Å². The molecule has 1 N–H and O–H groups in total. The first-order valence-corrected chi connectivity index (χ1v) is 8.02. The third-order valence-corrected chi connectivity index (χ3v) is 4.16. The Morgan fingerprint density at radius 2 is 1.65 bits per heavy atom. The summed E-state index contributed by atoms with van der Waals surface area (Å²) in [5, 5.41) is 5.82. The molecule has 0 saturated heterocycles. The second-order valence-electron chi connectivity index (χ2n) is 5.72. The Morgan fingerprint density at radius 3 is 2.38 bits per heavy atom. The van der Waals surface area contributed by atoms with Crippen molar-refractivity contribution in [3.05, 3.63) is 60.5 Å². The normalized spacial score (nSPS) is 10.9. The number of anilines is 2. The van der Waals surface area contributed by atoms with Gasteiger partial charge in [-0.1, -0.05) is 6.07 Å². The highest BCUT2D eigenvalue weighted by Gasteiger charge is 2.14. The largest absolute Gasteiger partial charge is 0.493 e. The average Bonchev–Trinajstić information content (AvgIpc) is 2.67. The number of aromatic nitrogens is 2. The molecule has 0 amide bonds. The summed E-state index contributed by atoms with van der Waals surface area (Å²) in [5.74, 6) is 1.45. The van der Waals surface area contributed by atoms with Crippen molar-refractivity contribution in [1.82, 2.24) is 9.97 Å². The van der Waals surface area contributed by atoms with Gasteiger partial charge in [0.25, 0.3) is 0 Å². The van der Waals surface area contributed by atoms with Crippen LogP contribution in [0.25, 0.3) is 21.8 Å². The summed E-state index contributed by atoms with van der Waals surface area (Å²) in [7, 11) is 3.18. The van der Waals surface area contributed by atoms with E-state index in [1.807, 2.05) is 24.3 Å². The van der Waals surface area contributed by atoms with Crippen LogP contribution in [0.2, 0.25) is 0 Å². The Balaban J connectivity index is 2.00. The minimum Gasteiger partial charge on any atom is -0.493 e. The van der Waals surface area contributed by atoms with Crippen LogP contribution in [-0.4, -0.2) is 24.2 Å².